The summed E-state index contributed by atoms with van der Waals surface area (Å²) in [5.41, 5.74) is 2.26. The highest BCUT2D eigenvalue weighted by Crippen LogP contribution is 2.25. The minimum absolute atomic E-state index is 0.368. The maximum absolute atomic E-state index is 10.4. The Bertz CT molecular complexity index is 380. The molecule has 1 saturated heterocycles. The SMILES string of the molecule is Cc1cccc(C(O)CN2C(C)CCCC2C)c1. The van der Waals surface area contributed by atoms with Gasteiger partial charge in [-0.25, -0.2) is 0 Å². The van der Waals surface area contributed by atoms with Crippen molar-refractivity contribution in [2.24, 2.45) is 0 Å². The van der Waals surface area contributed by atoms with Crippen molar-refractivity contribution in [2.75, 3.05) is 6.54 Å². The number of β-amino-alcohol motifs (C(OH)–C–C–N with tert-alkyl or cyclic N) is 1. The highest BCUT2D eigenvalue weighted by atomic mass is 16.3. The third kappa shape index (κ3) is 3.12. The number of hydrogen-bond donors (Lipinski definition) is 1. The van der Waals surface area contributed by atoms with Crippen molar-refractivity contribution in [3.63, 3.8) is 0 Å². The molecule has 2 heteroatoms. The van der Waals surface area contributed by atoms with Crippen LogP contribution in [0.25, 0.3) is 0 Å². The van der Waals surface area contributed by atoms with Gasteiger partial charge in [-0.1, -0.05) is 36.2 Å². The molecule has 2 nitrogen and oxygen atoms in total. The quantitative estimate of drug-likeness (QED) is 0.886. The number of aryl methyl sites for hydroxylation is 1. The van der Waals surface area contributed by atoms with Crippen LogP contribution in [0.15, 0.2) is 24.3 Å². The Kier molecular flexibility index (Phi) is 4.41. The Morgan fingerprint density at radius 1 is 1.28 bits per heavy atom. The lowest BCUT2D eigenvalue weighted by molar-refractivity contribution is 0.0411. The molecule has 0 radical (unpaired) electrons. The van der Waals surface area contributed by atoms with Crippen molar-refractivity contribution >= 4 is 0 Å². The zero-order valence-corrected chi connectivity index (χ0v) is 11.8. The van der Waals surface area contributed by atoms with Gasteiger partial charge in [0.05, 0.1) is 6.10 Å². The summed E-state index contributed by atoms with van der Waals surface area (Å²) in [6.45, 7) is 7.38. The Balaban J connectivity index is 2.04. The minimum Gasteiger partial charge on any atom is -0.387 e. The zero-order valence-electron chi connectivity index (χ0n) is 11.8. The second kappa shape index (κ2) is 5.85. The summed E-state index contributed by atoms with van der Waals surface area (Å²) in [7, 11) is 0. The number of hydrogen-bond acceptors (Lipinski definition) is 2. The molecule has 1 aliphatic rings. The molecule has 1 aromatic rings. The van der Waals surface area contributed by atoms with Crippen LogP contribution in [-0.4, -0.2) is 28.6 Å². The van der Waals surface area contributed by atoms with E-state index in [1.807, 2.05) is 12.1 Å². The molecule has 3 unspecified atom stereocenters. The van der Waals surface area contributed by atoms with Gasteiger partial charge >= 0.3 is 0 Å². The van der Waals surface area contributed by atoms with E-state index in [2.05, 4.69) is 37.8 Å². The fourth-order valence-electron chi connectivity index (χ4n) is 3.02. The van der Waals surface area contributed by atoms with Crippen molar-refractivity contribution in [3.05, 3.63) is 35.4 Å². The average molecular weight is 247 g/mol. The van der Waals surface area contributed by atoms with Crippen molar-refractivity contribution in [1.29, 1.82) is 0 Å². The first kappa shape index (κ1) is 13.6. The van der Waals surface area contributed by atoms with E-state index in [0.29, 0.717) is 12.1 Å². The fourth-order valence-corrected chi connectivity index (χ4v) is 3.02. The second-order valence-corrected chi connectivity index (χ2v) is 5.76. The molecule has 100 valence electrons. The van der Waals surface area contributed by atoms with Gasteiger partial charge in [-0.05, 0) is 39.2 Å². The molecule has 1 fully saturated rings. The first-order valence-electron chi connectivity index (χ1n) is 7.08. The second-order valence-electron chi connectivity index (χ2n) is 5.76. The van der Waals surface area contributed by atoms with E-state index in [-0.39, 0.29) is 6.10 Å². The van der Waals surface area contributed by atoms with Crippen LogP contribution in [-0.2, 0) is 0 Å². The number of benzene rings is 1. The topological polar surface area (TPSA) is 23.5 Å². The van der Waals surface area contributed by atoms with Crippen LogP contribution >= 0.6 is 0 Å². The first-order valence-corrected chi connectivity index (χ1v) is 7.08. The van der Waals surface area contributed by atoms with Gasteiger partial charge in [0.1, 0.15) is 0 Å². The van der Waals surface area contributed by atoms with Gasteiger partial charge in [-0.3, -0.25) is 4.90 Å². The van der Waals surface area contributed by atoms with Gasteiger partial charge in [0, 0.05) is 18.6 Å². The average Bonchev–Trinajstić information content (AvgIpc) is 2.34. The highest BCUT2D eigenvalue weighted by Gasteiger charge is 2.26. The summed E-state index contributed by atoms with van der Waals surface area (Å²) in [6, 6.07) is 9.39. The molecular weight excluding hydrogens is 222 g/mol. The molecular formula is C16H25NO. The van der Waals surface area contributed by atoms with Crippen LogP contribution < -0.4 is 0 Å². The Labute approximate surface area is 111 Å². The number of piperidine rings is 1. The van der Waals surface area contributed by atoms with Crippen molar-refractivity contribution in [2.45, 2.75) is 58.2 Å². The zero-order chi connectivity index (χ0) is 13.1. The van der Waals surface area contributed by atoms with Gasteiger partial charge in [-0.2, -0.15) is 0 Å². The molecule has 1 aliphatic heterocycles. The molecule has 0 bridgehead atoms. The minimum atomic E-state index is -0.368. The highest BCUT2D eigenvalue weighted by molar-refractivity contribution is 5.24. The van der Waals surface area contributed by atoms with Crippen LogP contribution in [0.3, 0.4) is 0 Å². The van der Waals surface area contributed by atoms with E-state index in [4.69, 9.17) is 0 Å². The Morgan fingerprint density at radius 3 is 2.56 bits per heavy atom. The molecule has 1 heterocycles. The third-order valence-electron chi connectivity index (χ3n) is 4.19. The van der Waals surface area contributed by atoms with Gasteiger partial charge < -0.3 is 5.11 Å². The van der Waals surface area contributed by atoms with E-state index in [1.54, 1.807) is 0 Å². The maximum atomic E-state index is 10.4. The van der Waals surface area contributed by atoms with Crippen LogP contribution in [0.5, 0.6) is 0 Å². The van der Waals surface area contributed by atoms with Crippen molar-refractivity contribution < 1.29 is 5.11 Å². The Morgan fingerprint density at radius 2 is 1.94 bits per heavy atom. The van der Waals surface area contributed by atoms with Gasteiger partial charge in [0.25, 0.3) is 0 Å². The van der Waals surface area contributed by atoms with E-state index in [1.165, 1.54) is 24.8 Å². The van der Waals surface area contributed by atoms with Crippen LogP contribution in [0.4, 0.5) is 0 Å². The molecule has 1 aromatic carbocycles. The standard InChI is InChI=1S/C16H25NO/c1-12-6-4-9-15(10-12)16(18)11-17-13(2)7-5-8-14(17)3/h4,6,9-10,13-14,16,18H,5,7-8,11H2,1-3H3. The number of likely N-dealkylation sites (tertiary alicyclic amines) is 1. The predicted molar refractivity (Wildman–Crippen MR) is 75.6 cm³/mol. The monoisotopic (exact) mass is 247 g/mol. The lowest BCUT2D eigenvalue weighted by Crippen LogP contribution is -2.45. The first-order chi connectivity index (χ1) is 8.58. The van der Waals surface area contributed by atoms with Gasteiger partial charge in [0.15, 0.2) is 0 Å². The number of aliphatic hydroxyl groups is 1. The molecule has 0 saturated carbocycles. The largest absolute Gasteiger partial charge is 0.387 e. The molecule has 18 heavy (non-hydrogen) atoms. The molecule has 0 spiro atoms. The normalized spacial score (nSPS) is 27.1. The number of rotatable bonds is 3. The maximum Gasteiger partial charge on any atom is 0.0917 e. The number of nitrogens with zero attached hydrogens (tertiary/aromatic N) is 1. The van der Waals surface area contributed by atoms with Crippen LogP contribution in [0.2, 0.25) is 0 Å². The van der Waals surface area contributed by atoms with E-state index < -0.39 is 0 Å². The fraction of sp³-hybridized carbons (Fsp3) is 0.625. The predicted octanol–water partition coefficient (Wildman–Crippen LogP) is 3.29. The van der Waals surface area contributed by atoms with E-state index >= 15 is 0 Å². The summed E-state index contributed by atoms with van der Waals surface area (Å²) in [6.07, 6.45) is 3.46. The molecule has 0 aliphatic carbocycles. The van der Waals surface area contributed by atoms with E-state index in [0.717, 1.165) is 12.1 Å². The lowest BCUT2D eigenvalue weighted by Gasteiger charge is -2.40. The molecule has 2 rings (SSSR count). The van der Waals surface area contributed by atoms with Crippen molar-refractivity contribution in [3.8, 4) is 0 Å². The summed E-state index contributed by atoms with van der Waals surface area (Å²) in [5.74, 6) is 0. The molecule has 0 amide bonds. The van der Waals surface area contributed by atoms with Crippen LogP contribution in [0, 0.1) is 6.92 Å². The molecule has 1 N–H and O–H groups in total. The third-order valence-corrected chi connectivity index (χ3v) is 4.19. The van der Waals surface area contributed by atoms with E-state index in [9.17, 15) is 5.11 Å². The van der Waals surface area contributed by atoms with Gasteiger partial charge in [0.2, 0.25) is 0 Å². The molecule has 3 atom stereocenters. The molecule has 0 aromatic heterocycles. The lowest BCUT2D eigenvalue weighted by atomic mass is 9.96. The Hall–Kier alpha value is -0.860. The summed E-state index contributed by atoms with van der Waals surface area (Å²) < 4.78 is 0. The van der Waals surface area contributed by atoms with Crippen molar-refractivity contribution in [1.82, 2.24) is 4.90 Å². The number of aliphatic hydroxyl groups excluding tert-OH is 1. The summed E-state index contributed by atoms with van der Waals surface area (Å²) >= 11 is 0. The summed E-state index contributed by atoms with van der Waals surface area (Å²) in [5, 5.41) is 10.4. The smallest absolute Gasteiger partial charge is 0.0917 e. The van der Waals surface area contributed by atoms with Crippen LogP contribution in [0.1, 0.15) is 50.3 Å². The summed E-state index contributed by atoms with van der Waals surface area (Å²) in [4.78, 5) is 2.45. The van der Waals surface area contributed by atoms with Gasteiger partial charge in [-0.15, -0.1) is 0 Å².